The number of hydrogen-bond donors (Lipinski definition) is 1. The van der Waals surface area contributed by atoms with Gasteiger partial charge < -0.3 is 14.6 Å². The summed E-state index contributed by atoms with van der Waals surface area (Å²) in [5, 5.41) is 8.45. The number of hydrogen-bond acceptors (Lipinski definition) is 5. The zero-order valence-electron chi connectivity index (χ0n) is 13.5. The molecule has 1 atom stereocenters. The van der Waals surface area contributed by atoms with Gasteiger partial charge in [-0.3, -0.25) is 0 Å². The Bertz CT molecular complexity index is 881. The minimum Gasteiger partial charge on any atom is -0.457 e. The quantitative estimate of drug-likeness (QED) is 0.561. The van der Waals surface area contributed by atoms with Crippen molar-refractivity contribution in [3.63, 3.8) is 0 Å². The van der Waals surface area contributed by atoms with Gasteiger partial charge >= 0.3 is 18.1 Å². The number of rotatable bonds is 4. The molecule has 1 unspecified atom stereocenters. The van der Waals surface area contributed by atoms with Gasteiger partial charge in [0.05, 0.1) is 21.2 Å². The zero-order valence-corrected chi connectivity index (χ0v) is 15.0. The molecule has 0 aromatic heterocycles. The van der Waals surface area contributed by atoms with Crippen molar-refractivity contribution in [3.8, 4) is 11.5 Å². The molecule has 0 aliphatic heterocycles. The molecule has 2 aromatic carbocycles. The molecule has 0 radical (unpaired) electrons. The first kappa shape index (κ1) is 21.0. The number of esters is 2. The Hall–Kier alpha value is -2.29. The summed E-state index contributed by atoms with van der Waals surface area (Å²) in [4.78, 5) is 23.2. The van der Waals surface area contributed by atoms with E-state index in [1.165, 1.54) is 12.1 Å². The Labute approximate surface area is 161 Å². The third-order valence-electron chi connectivity index (χ3n) is 3.17. The van der Waals surface area contributed by atoms with Crippen molar-refractivity contribution in [2.75, 3.05) is 0 Å². The first-order valence-corrected chi connectivity index (χ1v) is 8.03. The van der Waals surface area contributed by atoms with Gasteiger partial charge in [0.2, 0.25) is 0 Å². The molecule has 10 heteroatoms. The number of aliphatic hydroxyl groups excluding tert-OH is 1. The minimum absolute atomic E-state index is 0.0188. The summed E-state index contributed by atoms with van der Waals surface area (Å²) in [5.74, 6) is -2.28. The lowest BCUT2D eigenvalue weighted by atomic mass is 10.2. The fraction of sp³-hybridized carbons (Fsp3) is 0.176. The van der Waals surface area contributed by atoms with Crippen LogP contribution in [0.2, 0.25) is 10.0 Å². The number of aliphatic hydroxyl groups is 1. The molecular weight excluding hydrogens is 412 g/mol. The van der Waals surface area contributed by atoms with Crippen LogP contribution in [-0.4, -0.2) is 23.1 Å². The van der Waals surface area contributed by atoms with Crippen LogP contribution in [-0.2, 0) is 15.7 Å². The van der Waals surface area contributed by atoms with Crippen LogP contribution in [0.3, 0.4) is 0 Å². The lowest BCUT2D eigenvalue weighted by molar-refractivity contribution is -0.146. The maximum absolute atomic E-state index is 12.7. The third-order valence-corrected chi connectivity index (χ3v) is 3.82. The van der Waals surface area contributed by atoms with Gasteiger partial charge in [-0.1, -0.05) is 23.2 Å². The smallest absolute Gasteiger partial charge is 0.417 e. The van der Waals surface area contributed by atoms with Crippen molar-refractivity contribution in [3.05, 3.63) is 57.6 Å². The second-order valence-corrected chi connectivity index (χ2v) is 6.08. The van der Waals surface area contributed by atoms with Crippen LogP contribution in [0.25, 0.3) is 0 Å². The highest BCUT2D eigenvalue weighted by molar-refractivity contribution is 6.33. The van der Waals surface area contributed by atoms with Crippen LogP contribution in [0, 0.1) is 0 Å². The van der Waals surface area contributed by atoms with Crippen LogP contribution < -0.4 is 4.74 Å². The summed E-state index contributed by atoms with van der Waals surface area (Å²) < 4.78 is 48.0. The number of ether oxygens (including phenoxy) is 2. The van der Waals surface area contributed by atoms with Gasteiger partial charge in [-0.15, -0.1) is 0 Å². The number of benzene rings is 2. The van der Waals surface area contributed by atoms with Crippen molar-refractivity contribution in [1.82, 2.24) is 0 Å². The van der Waals surface area contributed by atoms with Crippen LogP contribution in [0.4, 0.5) is 13.2 Å². The van der Waals surface area contributed by atoms with E-state index >= 15 is 0 Å². The standard InChI is InChI=1S/C17H11Cl2F3O5/c1-8(23)15(24)27-16(25)11-6-9(3-5-13(11)18)26-10-2-4-12(14(19)7-10)17(20,21)22/h2-8,23H,1H3. The van der Waals surface area contributed by atoms with E-state index in [0.717, 1.165) is 31.2 Å². The molecule has 2 rings (SSSR count). The molecular formula is C17H11Cl2F3O5. The van der Waals surface area contributed by atoms with Gasteiger partial charge in [-0.05, 0) is 37.3 Å². The summed E-state index contributed by atoms with van der Waals surface area (Å²) in [6.45, 7) is 1.12. The summed E-state index contributed by atoms with van der Waals surface area (Å²) in [7, 11) is 0. The highest BCUT2D eigenvalue weighted by atomic mass is 35.5. The van der Waals surface area contributed by atoms with Gasteiger partial charge in [0, 0.05) is 6.07 Å². The molecule has 0 heterocycles. The fourth-order valence-corrected chi connectivity index (χ4v) is 2.35. The molecule has 0 aliphatic carbocycles. The van der Waals surface area contributed by atoms with Crippen molar-refractivity contribution in [2.45, 2.75) is 19.2 Å². The second kappa shape index (κ2) is 8.16. The van der Waals surface area contributed by atoms with E-state index < -0.39 is 34.8 Å². The molecule has 0 aliphatic rings. The predicted molar refractivity (Wildman–Crippen MR) is 90.1 cm³/mol. The normalized spacial score (nSPS) is 12.4. The fourth-order valence-electron chi connectivity index (χ4n) is 1.88. The van der Waals surface area contributed by atoms with Crippen molar-refractivity contribution in [2.24, 2.45) is 0 Å². The number of carbonyl (C=O) groups is 2. The number of alkyl halides is 3. The highest BCUT2D eigenvalue weighted by Crippen LogP contribution is 2.37. The Morgan fingerprint density at radius 3 is 2.19 bits per heavy atom. The van der Waals surface area contributed by atoms with Gasteiger partial charge in [-0.25, -0.2) is 9.59 Å². The molecule has 0 saturated heterocycles. The van der Waals surface area contributed by atoms with Crippen LogP contribution in [0.1, 0.15) is 22.8 Å². The predicted octanol–water partition coefficient (Wildman–Crippen LogP) is 4.87. The topological polar surface area (TPSA) is 72.8 Å². The molecule has 1 N–H and O–H groups in total. The molecule has 27 heavy (non-hydrogen) atoms. The van der Waals surface area contributed by atoms with Gasteiger partial charge in [0.25, 0.3) is 0 Å². The molecule has 2 aromatic rings. The third kappa shape index (κ3) is 5.35. The van der Waals surface area contributed by atoms with E-state index in [2.05, 4.69) is 4.74 Å². The van der Waals surface area contributed by atoms with Crippen LogP contribution in [0.15, 0.2) is 36.4 Å². The maximum atomic E-state index is 12.7. The first-order chi connectivity index (χ1) is 12.5. The Kier molecular flexibility index (Phi) is 6.35. The van der Waals surface area contributed by atoms with Gasteiger partial charge in [-0.2, -0.15) is 13.2 Å². The lowest BCUT2D eigenvalue weighted by Crippen LogP contribution is -2.23. The Balaban J connectivity index is 2.25. The summed E-state index contributed by atoms with van der Waals surface area (Å²) in [5.41, 5.74) is -1.25. The van der Waals surface area contributed by atoms with Crippen LogP contribution >= 0.6 is 23.2 Å². The van der Waals surface area contributed by atoms with Gasteiger partial charge in [0.1, 0.15) is 17.6 Å². The van der Waals surface area contributed by atoms with Crippen molar-refractivity contribution in [1.29, 1.82) is 0 Å². The minimum atomic E-state index is -4.61. The van der Waals surface area contributed by atoms with E-state index in [4.69, 9.17) is 33.0 Å². The average molecular weight is 423 g/mol. The monoisotopic (exact) mass is 422 g/mol. The summed E-state index contributed by atoms with van der Waals surface area (Å²) in [6.07, 6.45) is -6.12. The lowest BCUT2D eigenvalue weighted by Gasteiger charge is -2.12. The largest absolute Gasteiger partial charge is 0.457 e. The second-order valence-electron chi connectivity index (χ2n) is 5.27. The summed E-state index contributed by atoms with van der Waals surface area (Å²) >= 11 is 11.5. The molecule has 0 amide bonds. The van der Waals surface area contributed by atoms with E-state index in [9.17, 15) is 22.8 Å². The summed E-state index contributed by atoms with van der Waals surface area (Å²) in [6, 6.07) is 6.52. The Morgan fingerprint density at radius 1 is 1.04 bits per heavy atom. The SMILES string of the molecule is CC(O)C(=O)OC(=O)c1cc(Oc2ccc(C(F)(F)F)c(Cl)c2)ccc1Cl. The molecule has 144 valence electrons. The molecule has 0 bridgehead atoms. The van der Waals surface area contributed by atoms with E-state index in [-0.39, 0.29) is 22.1 Å². The van der Waals surface area contributed by atoms with Crippen molar-refractivity contribution < 1.29 is 37.3 Å². The van der Waals surface area contributed by atoms with E-state index in [0.29, 0.717) is 0 Å². The Morgan fingerprint density at radius 2 is 1.63 bits per heavy atom. The maximum Gasteiger partial charge on any atom is 0.417 e. The first-order valence-electron chi connectivity index (χ1n) is 7.27. The molecule has 0 saturated carbocycles. The number of carbonyl (C=O) groups excluding carboxylic acids is 2. The number of halogens is 5. The molecule has 0 spiro atoms. The van der Waals surface area contributed by atoms with E-state index in [1.54, 1.807) is 0 Å². The van der Waals surface area contributed by atoms with Crippen LogP contribution in [0.5, 0.6) is 11.5 Å². The zero-order chi connectivity index (χ0) is 20.4. The van der Waals surface area contributed by atoms with Crippen molar-refractivity contribution >= 4 is 35.1 Å². The van der Waals surface area contributed by atoms with E-state index in [1.807, 2.05) is 0 Å². The molecule has 0 fully saturated rings. The average Bonchev–Trinajstić information content (AvgIpc) is 2.55. The van der Waals surface area contributed by atoms with Gasteiger partial charge in [0.15, 0.2) is 0 Å². The highest BCUT2D eigenvalue weighted by Gasteiger charge is 2.33. The molecule has 5 nitrogen and oxygen atoms in total.